The maximum Gasteiger partial charge on any atom is 0.318 e. The maximum atomic E-state index is 13.4. The zero-order chi connectivity index (χ0) is 20.2. The molecule has 1 atom stereocenters. The average molecular weight is 394 g/mol. The molecule has 7 heteroatoms. The number of carbonyl (C=O) groups is 1. The summed E-state index contributed by atoms with van der Waals surface area (Å²) in [6.07, 6.45) is 2.83. The molecule has 0 radical (unpaired) electrons. The molecule has 1 unspecified atom stereocenters. The largest absolute Gasteiger partial charge is 0.337 e. The Morgan fingerprint density at radius 2 is 2.10 bits per heavy atom. The fourth-order valence-corrected chi connectivity index (χ4v) is 3.64. The SMILES string of the molecule is Cc1ccc(CC2CCCN2C(=O)NCc2nc(-c3cccc(F)c3)no2)cc1. The van der Waals surface area contributed by atoms with E-state index < -0.39 is 0 Å². The van der Waals surface area contributed by atoms with E-state index in [4.69, 9.17) is 4.52 Å². The number of aryl methyl sites for hydroxylation is 1. The number of amides is 2. The second-order valence-corrected chi connectivity index (χ2v) is 7.36. The number of rotatable bonds is 5. The molecule has 1 aromatic heterocycles. The van der Waals surface area contributed by atoms with Crippen molar-refractivity contribution in [1.82, 2.24) is 20.4 Å². The lowest BCUT2D eigenvalue weighted by atomic mass is 10.0. The highest BCUT2D eigenvalue weighted by molar-refractivity contribution is 5.74. The Hall–Kier alpha value is -3.22. The molecule has 3 aromatic rings. The standard InChI is InChI=1S/C22H23FN4O2/c1-15-7-9-16(10-8-15)12-19-6-3-11-27(19)22(28)24-14-20-25-21(26-29-20)17-4-2-5-18(23)13-17/h2,4-5,7-10,13,19H,3,6,11-12,14H2,1H3,(H,24,28). The van der Waals surface area contributed by atoms with Crippen LogP contribution in [0.2, 0.25) is 0 Å². The molecule has 1 fully saturated rings. The van der Waals surface area contributed by atoms with Crippen LogP contribution in [0, 0.1) is 12.7 Å². The minimum Gasteiger partial charge on any atom is -0.337 e. The second-order valence-electron chi connectivity index (χ2n) is 7.36. The molecular formula is C22H23FN4O2. The van der Waals surface area contributed by atoms with E-state index in [1.54, 1.807) is 12.1 Å². The summed E-state index contributed by atoms with van der Waals surface area (Å²) < 4.78 is 18.5. The third kappa shape index (κ3) is 4.62. The zero-order valence-corrected chi connectivity index (χ0v) is 16.3. The van der Waals surface area contributed by atoms with Gasteiger partial charge in [-0.05, 0) is 43.9 Å². The van der Waals surface area contributed by atoms with Crippen molar-refractivity contribution in [2.24, 2.45) is 0 Å². The average Bonchev–Trinajstić information content (AvgIpc) is 3.38. The topological polar surface area (TPSA) is 71.3 Å². The number of aromatic nitrogens is 2. The van der Waals surface area contributed by atoms with Gasteiger partial charge in [-0.2, -0.15) is 4.98 Å². The number of benzene rings is 2. The maximum absolute atomic E-state index is 13.4. The number of likely N-dealkylation sites (tertiary alicyclic amines) is 1. The number of carbonyl (C=O) groups excluding carboxylic acids is 1. The fraction of sp³-hybridized carbons (Fsp3) is 0.318. The molecule has 29 heavy (non-hydrogen) atoms. The minimum absolute atomic E-state index is 0.134. The van der Waals surface area contributed by atoms with Gasteiger partial charge in [0.15, 0.2) is 0 Å². The van der Waals surface area contributed by atoms with E-state index in [1.165, 1.54) is 23.3 Å². The smallest absolute Gasteiger partial charge is 0.318 e. The molecule has 150 valence electrons. The van der Waals surface area contributed by atoms with Crippen LogP contribution >= 0.6 is 0 Å². The van der Waals surface area contributed by atoms with Gasteiger partial charge in [-0.3, -0.25) is 0 Å². The van der Waals surface area contributed by atoms with Gasteiger partial charge in [0.2, 0.25) is 11.7 Å². The summed E-state index contributed by atoms with van der Waals surface area (Å²) in [7, 11) is 0. The van der Waals surface area contributed by atoms with Crippen molar-refractivity contribution in [2.75, 3.05) is 6.54 Å². The lowest BCUT2D eigenvalue weighted by Crippen LogP contribution is -2.43. The molecule has 2 heterocycles. The van der Waals surface area contributed by atoms with Crippen LogP contribution in [0.25, 0.3) is 11.4 Å². The molecule has 2 aromatic carbocycles. The highest BCUT2D eigenvalue weighted by Crippen LogP contribution is 2.22. The molecule has 2 amide bonds. The Bertz CT molecular complexity index is 986. The van der Waals surface area contributed by atoms with Crippen LogP contribution in [0.1, 0.15) is 29.9 Å². The highest BCUT2D eigenvalue weighted by Gasteiger charge is 2.28. The molecule has 0 spiro atoms. The van der Waals surface area contributed by atoms with Gasteiger partial charge in [0.25, 0.3) is 0 Å². The summed E-state index contributed by atoms with van der Waals surface area (Å²) in [5, 5.41) is 6.72. The summed E-state index contributed by atoms with van der Waals surface area (Å²) in [4.78, 5) is 18.8. The molecule has 1 N–H and O–H groups in total. The predicted molar refractivity (Wildman–Crippen MR) is 107 cm³/mol. The lowest BCUT2D eigenvalue weighted by Gasteiger charge is -2.25. The van der Waals surface area contributed by atoms with E-state index in [1.807, 2.05) is 4.90 Å². The first-order chi connectivity index (χ1) is 14.1. The third-order valence-electron chi connectivity index (χ3n) is 5.17. The van der Waals surface area contributed by atoms with Crippen molar-refractivity contribution in [3.05, 3.63) is 71.4 Å². The van der Waals surface area contributed by atoms with Gasteiger partial charge in [0, 0.05) is 18.2 Å². The van der Waals surface area contributed by atoms with E-state index >= 15 is 0 Å². The van der Waals surface area contributed by atoms with E-state index in [0.717, 1.165) is 25.8 Å². The number of hydrogen-bond donors (Lipinski definition) is 1. The van der Waals surface area contributed by atoms with Crippen molar-refractivity contribution < 1.29 is 13.7 Å². The van der Waals surface area contributed by atoms with E-state index in [0.29, 0.717) is 11.4 Å². The number of urea groups is 1. The minimum atomic E-state index is -0.365. The van der Waals surface area contributed by atoms with Gasteiger partial charge in [0.05, 0.1) is 6.54 Å². The van der Waals surface area contributed by atoms with Crippen LogP contribution in [0.4, 0.5) is 9.18 Å². The number of nitrogens with zero attached hydrogens (tertiary/aromatic N) is 3. The summed E-state index contributed by atoms with van der Waals surface area (Å²) in [5.74, 6) is 0.217. The van der Waals surface area contributed by atoms with Crippen molar-refractivity contribution in [1.29, 1.82) is 0 Å². The van der Waals surface area contributed by atoms with Crippen LogP contribution in [0.3, 0.4) is 0 Å². The van der Waals surface area contributed by atoms with E-state index in [2.05, 4.69) is 46.6 Å². The molecule has 0 bridgehead atoms. The van der Waals surface area contributed by atoms with Gasteiger partial charge < -0.3 is 14.7 Å². The molecule has 1 aliphatic heterocycles. The second kappa shape index (κ2) is 8.43. The van der Waals surface area contributed by atoms with Crippen LogP contribution < -0.4 is 5.32 Å². The van der Waals surface area contributed by atoms with Crippen molar-refractivity contribution >= 4 is 6.03 Å². The van der Waals surface area contributed by atoms with Gasteiger partial charge in [-0.1, -0.05) is 47.1 Å². The molecule has 0 aliphatic carbocycles. The number of nitrogens with one attached hydrogen (secondary N) is 1. The Morgan fingerprint density at radius 3 is 2.90 bits per heavy atom. The van der Waals surface area contributed by atoms with Gasteiger partial charge in [-0.25, -0.2) is 9.18 Å². The summed E-state index contributed by atoms with van der Waals surface area (Å²) >= 11 is 0. The first kappa shape index (κ1) is 19.1. The van der Waals surface area contributed by atoms with Crippen LogP contribution in [0.5, 0.6) is 0 Å². The van der Waals surface area contributed by atoms with Crippen molar-refractivity contribution in [3.8, 4) is 11.4 Å². The van der Waals surface area contributed by atoms with E-state index in [-0.39, 0.29) is 30.3 Å². The van der Waals surface area contributed by atoms with Crippen molar-refractivity contribution in [3.63, 3.8) is 0 Å². The Kier molecular flexibility index (Phi) is 5.55. The highest BCUT2D eigenvalue weighted by atomic mass is 19.1. The molecule has 6 nitrogen and oxygen atoms in total. The van der Waals surface area contributed by atoms with Crippen molar-refractivity contribution in [2.45, 2.75) is 38.8 Å². The monoisotopic (exact) mass is 394 g/mol. The fourth-order valence-electron chi connectivity index (χ4n) is 3.64. The molecular weight excluding hydrogens is 371 g/mol. The van der Waals surface area contributed by atoms with Gasteiger partial charge in [0.1, 0.15) is 5.82 Å². The molecule has 1 aliphatic rings. The summed E-state index contributed by atoms with van der Waals surface area (Å²) in [5.41, 5.74) is 2.99. The Balaban J connectivity index is 1.35. The van der Waals surface area contributed by atoms with Gasteiger partial charge in [-0.15, -0.1) is 0 Å². The zero-order valence-electron chi connectivity index (χ0n) is 16.3. The summed E-state index contributed by atoms with van der Waals surface area (Å²) in [6.45, 7) is 2.94. The molecule has 0 saturated carbocycles. The first-order valence-corrected chi connectivity index (χ1v) is 9.77. The van der Waals surface area contributed by atoms with Crippen LogP contribution in [-0.2, 0) is 13.0 Å². The summed E-state index contributed by atoms with van der Waals surface area (Å²) in [6, 6.07) is 14.5. The lowest BCUT2D eigenvalue weighted by molar-refractivity contribution is 0.190. The van der Waals surface area contributed by atoms with Crippen LogP contribution in [-0.4, -0.2) is 33.7 Å². The van der Waals surface area contributed by atoms with Gasteiger partial charge >= 0.3 is 6.03 Å². The molecule has 4 rings (SSSR count). The quantitative estimate of drug-likeness (QED) is 0.707. The number of halogens is 1. The van der Waals surface area contributed by atoms with Crippen LogP contribution in [0.15, 0.2) is 53.1 Å². The first-order valence-electron chi connectivity index (χ1n) is 9.77. The van der Waals surface area contributed by atoms with E-state index in [9.17, 15) is 9.18 Å². The molecule has 1 saturated heterocycles. The number of hydrogen-bond acceptors (Lipinski definition) is 4. The Labute approximate surface area is 168 Å². The predicted octanol–water partition coefficient (Wildman–Crippen LogP) is 4.10. The third-order valence-corrected chi connectivity index (χ3v) is 5.17. The Morgan fingerprint density at radius 1 is 1.28 bits per heavy atom. The normalized spacial score (nSPS) is 16.2.